The van der Waals surface area contributed by atoms with Crippen molar-refractivity contribution in [1.82, 2.24) is 0 Å². The summed E-state index contributed by atoms with van der Waals surface area (Å²) in [6, 6.07) is 0. The van der Waals surface area contributed by atoms with Crippen LogP contribution in [0.25, 0.3) is 0 Å². The maximum Gasteiger partial charge on any atom is 0.404 e. The van der Waals surface area contributed by atoms with Crippen LogP contribution in [0.3, 0.4) is 0 Å². The fourth-order valence-corrected chi connectivity index (χ4v) is 1.37. The predicted molar refractivity (Wildman–Crippen MR) is 53.0 cm³/mol. The molecule has 1 aliphatic heterocycles. The molecule has 1 rings (SSSR count). The van der Waals surface area contributed by atoms with Crippen LogP contribution in [-0.2, 0) is 14.3 Å². The number of nitrogens with two attached hydrogens (primary N) is 1. The molecule has 5 heteroatoms. The summed E-state index contributed by atoms with van der Waals surface area (Å²) >= 11 is 0. The molecule has 1 amide bonds. The Labute approximate surface area is 88.2 Å². The number of carbonyl (C=O) groups is 2. The average Bonchev–Trinajstić information content (AvgIpc) is 2.57. The molecule has 0 spiro atoms. The van der Waals surface area contributed by atoms with Gasteiger partial charge in [0.2, 0.25) is 0 Å². The minimum atomic E-state index is -0.734. The van der Waals surface area contributed by atoms with Crippen molar-refractivity contribution in [3.63, 3.8) is 0 Å². The minimum absolute atomic E-state index is 0.0745. The zero-order valence-electron chi connectivity index (χ0n) is 8.48. The van der Waals surface area contributed by atoms with Gasteiger partial charge in [0.15, 0.2) is 0 Å². The van der Waals surface area contributed by atoms with Crippen LogP contribution >= 0.6 is 0 Å². The Balaban J connectivity index is 1.91. The van der Waals surface area contributed by atoms with Crippen LogP contribution in [0.4, 0.5) is 4.79 Å². The van der Waals surface area contributed by atoms with Gasteiger partial charge in [0.05, 0.1) is 6.61 Å². The van der Waals surface area contributed by atoms with E-state index in [0.717, 1.165) is 25.7 Å². The van der Waals surface area contributed by atoms with Crippen LogP contribution in [0, 0.1) is 0 Å². The first-order valence-corrected chi connectivity index (χ1v) is 4.99. The number of hydrogen-bond acceptors (Lipinski definition) is 4. The van der Waals surface area contributed by atoms with Crippen LogP contribution in [-0.4, -0.2) is 24.8 Å². The Kier molecular flexibility index (Phi) is 4.66. The van der Waals surface area contributed by atoms with Crippen molar-refractivity contribution < 1.29 is 19.1 Å². The highest BCUT2D eigenvalue weighted by Gasteiger charge is 2.15. The van der Waals surface area contributed by atoms with Gasteiger partial charge >= 0.3 is 12.1 Å². The topological polar surface area (TPSA) is 78.6 Å². The number of rotatable bonds is 6. The Morgan fingerprint density at radius 2 is 2.27 bits per heavy atom. The van der Waals surface area contributed by atoms with Gasteiger partial charge in [-0.25, -0.2) is 9.59 Å². The Hall–Kier alpha value is -1.52. The summed E-state index contributed by atoms with van der Waals surface area (Å²) in [7, 11) is 0. The lowest BCUT2D eigenvalue weighted by Crippen LogP contribution is -2.13. The third-order valence-electron chi connectivity index (χ3n) is 2.09. The molecule has 1 heterocycles. The maximum absolute atomic E-state index is 10.7. The van der Waals surface area contributed by atoms with Crippen molar-refractivity contribution in [3.05, 3.63) is 12.2 Å². The van der Waals surface area contributed by atoms with E-state index in [1.807, 2.05) is 0 Å². The lowest BCUT2D eigenvalue weighted by molar-refractivity contribution is -0.138. The molecule has 1 unspecified atom stereocenters. The van der Waals surface area contributed by atoms with E-state index >= 15 is 0 Å². The number of carbonyl (C=O) groups excluding carboxylic acids is 2. The number of unbranched alkanes of at least 4 members (excludes halogenated alkanes) is 2. The highest BCUT2D eigenvalue weighted by Crippen LogP contribution is 2.13. The molecular weight excluding hydrogens is 198 g/mol. The number of esters is 1. The minimum Gasteiger partial charge on any atom is -0.455 e. The smallest absolute Gasteiger partial charge is 0.404 e. The average molecular weight is 213 g/mol. The van der Waals surface area contributed by atoms with E-state index in [4.69, 9.17) is 10.5 Å². The summed E-state index contributed by atoms with van der Waals surface area (Å²) in [5, 5.41) is 0. The molecular formula is C10H15NO4. The van der Waals surface area contributed by atoms with Gasteiger partial charge in [-0.15, -0.1) is 0 Å². The highest BCUT2D eigenvalue weighted by atomic mass is 16.5. The van der Waals surface area contributed by atoms with Gasteiger partial charge in [-0.05, 0) is 31.8 Å². The van der Waals surface area contributed by atoms with E-state index in [0.29, 0.717) is 6.61 Å². The predicted octanol–water partition coefficient (Wildman–Crippen LogP) is 1.12. The van der Waals surface area contributed by atoms with Crippen LogP contribution in [0.2, 0.25) is 0 Å². The van der Waals surface area contributed by atoms with Crippen molar-refractivity contribution in [2.75, 3.05) is 6.61 Å². The third-order valence-corrected chi connectivity index (χ3v) is 2.09. The third kappa shape index (κ3) is 5.05. The second kappa shape index (κ2) is 6.06. The van der Waals surface area contributed by atoms with Crippen molar-refractivity contribution in [1.29, 1.82) is 0 Å². The van der Waals surface area contributed by atoms with Crippen LogP contribution < -0.4 is 5.73 Å². The fraction of sp³-hybridized carbons (Fsp3) is 0.600. The SMILES string of the molecule is NC(=O)OCCCCCC1C=CC(=O)O1. The molecule has 0 radical (unpaired) electrons. The molecule has 0 fully saturated rings. The van der Waals surface area contributed by atoms with E-state index in [1.54, 1.807) is 6.08 Å². The summed E-state index contributed by atoms with van der Waals surface area (Å²) in [4.78, 5) is 20.9. The van der Waals surface area contributed by atoms with Crippen LogP contribution in [0.5, 0.6) is 0 Å². The van der Waals surface area contributed by atoms with Gasteiger partial charge in [0.25, 0.3) is 0 Å². The molecule has 0 saturated heterocycles. The van der Waals surface area contributed by atoms with Crippen molar-refractivity contribution in [2.24, 2.45) is 5.73 Å². The quantitative estimate of drug-likeness (QED) is 0.529. The number of ether oxygens (including phenoxy) is 2. The van der Waals surface area contributed by atoms with Crippen molar-refractivity contribution >= 4 is 12.1 Å². The number of primary amides is 1. The highest BCUT2D eigenvalue weighted by molar-refractivity contribution is 5.84. The molecule has 15 heavy (non-hydrogen) atoms. The largest absolute Gasteiger partial charge is 0.455 e. The number of hydrogen-bond donors (Lipinski definition) is 1. The van der Waals surface area contributed by atoms with E-state index in [1.165, 1.54) is 6.08 Å². The summed E-state index contributed by atoms with van der Waals surface area (Å²) < 4.78 is 9.52. The van der Waals surface area contributed by atoms with E-state index < -0.39 is 6.09 Å². The van der Waals surface area contributed by atoms with Crippen molar-refractivity contribution in [3.8, 4) is 0 Å². The molecule has 0 aromatic carbocycles. The lowest BCUT2D eigenvalue weighted by atomic mass is 10.1. The fourth-order valence-electron chi connectivity index (χ4n) is 1.37. The molecule has 2 N–H and O–H groups in total. The summed E-state index contributed by atoms with van der Waals surface area (Å²) in [6.07, 6.45) is 5.87. The summed E-state index contributed by atoms with van der Waals surface area (Å²) in [5.74, 6) is -0.267. The molecule has 0 aromatic heterocycles. The monoisotopic (exact) mass is 213 g/mol. The Morgan fingerprint density at radius 3 is 2.87 bits per heavy atom. The van der Waals surface area contributed by atoms with Gasteiger partial charge in [0.1, 0.15) is 6.10 Å². The molecule has 1 aliphatic rings. The van der Waals surface area contributed by atoms with Crippen molar-refractivity contribution in [2.45, 2.75) is 31.8 Å². The van der Waals surface area contributed by atoms with Gasteiger partial charge < -0.3 is 15.2 Å². The Morgan fingerprint density at radius 1 is 1.47 bits per heavy atom. The Bertz CT molecular complexity index is 262. The zero-order valence-corrected chi connectivity index (χ0v) is 8.48. The van der Waals surface area contributed by atoms with Gasteiger partial charge in [0, 0.05) is 6.08 Å². The van der Waals surface area contributed by atoms with Crippen LogP contribution in [0.15, 0.2) is 12.2 Å². The molecule has 0 bridgehead atoms. The second-order valence-electron chi connectivity index (χ2n) is 3.35. The first-order chi connectivity index (χ1) is 7.18. The van der Waals surface area contributed by atoms with E-state index in [-0.39, 0.29) is 12.1 Å². The first kappa shape index (κ1) is 11.6. The van der Waals surface area contributed by atoms with E-state index in [2.05, 4.69) is 4.74 Å². The number of amides is 1. The summed E-state index contributed by atoms with van der Waals surface area (Å²) in [5.41, 5.74) is 4.79. The first-order valence-electron chi connectivity index (χ1n) is 4.99. The standard InChI is InChI=1S/C10H15NO4/c11-10(13)14-7-3-1-2-4-8-5-6-9(12)15-8/h5-6,8H,1-4,7H2,(H2,11,13). The molecule has 1 atom stereocenters. The zero-order chi connectivity index (χ0) is 11.1. The van der Waals surface area contributed by atoms with Gasteiger partial charge in [-0.3, -0.25) is 0 Å². The number of cyclic esters (lactones) is 1. The summed E-state index contributed by atoms with van der Waals surface area (Å²) in [6.45, 7) is 0.357. The molecule has 0 aromatic rings. The van der Waals surface area contributed by atoms with E-state index in [9.17, 15) is 9.59 Å². The van der Waals surface area contributed by atoms with Crippen LogP contribution in [0.1, 0.15) is 25.7 Å². The second-order valence-corrected chi connectivity index (χ2v) is 3.35. The normalized spacial score (nSPS) is 18.9. The molecule has 0 aliphatic carbocycles. The maximum atomic E-state index is 10.7. The molecule has 5 nitrogen and oxygen atoms in total. The molecule has 84 valence electrons. The van der Waals surface area contributed by atoms with Gasteiger partial charge in [-0.1, -0.05) is 0 Å². The molecule has 0 saturated carbocycles. The lowest BCUT2D eigenvalue weighted by Gasteiger charge is -2.07. The van der Waals surface area contributed by atoms with Gasteiger partial charge in [-0.2, -0.15) is 0 Å².